The normalized spacial score (nSPS) is 23.8. The van der Waals surface area contributed by atoms with Gasteiger partial charge in [0.1, 0.15) is 11.2 Å². The monoisotopic (exact) mass is 454 g/mol. The highest BCUT2D eigenvalue weighted by Gasteiger charge is 2.50. The maximum absolute atomic E-state index is 13.7. The molecule has 1 atom stereocenters. The molecule has 3 N–H and O–H groups in total. The Morgan fingerprint density at radius 1 is 1.21 bits per heavy atom. The van der Waals surface area contributed by atoms with Crippen molar-refractivity contribution in [2.24, 2.45) is 5.84 Å². The Bertz CT molecular complexity index is 872. The molecule has 33 heavy (non-hydrogen) atoms. The van der Waals surface area contributed by atoms with Crippen LogP contribution in [0.15, 0.2) is 48.4 Å². The molecule has 0 aromatic heterocycles. The van der Waals surface area contributed by atoms with Crippen molar-refractivity contribution in [3.63, 3.8) is 0 Å². The van der Waals surface area contributed by atoms with Gasteiger partial charge in [-0.25, -0.2) is 5.84 Å². The highest BCUT2D eigenvalue weighted by atomic mass is 16.5. The molecule has 2 fully saturated rings. The number of anilines is 1. The zero-order valence-electron chi connectivity index (χ0n) is 20.2. The number of benzene rings is 1. The number of nitrogens with two attached hydrogens (primary N) is 1. The Morgan fingerprint density at radius 2 is 1.88 bits per heavy atom. The zero-order valence-corrected chi connectivity index (χ0v) is 20.2. The smallest absolute Gasteiger partial charge is 0.276 e. The van der Waals surface area contributed by atoms with Gasteiger partial charge in [0.25, 0.3) is 5.91 Å². The Labute approximate surface area is 197 Å². The molecular weight excluding hydrogens is 416 g/mol. The number of carbonyl (C=O) groups is 2. The van der Waals surface area contributed by atoms with Crippen molar-refractivity contribution in [2.45, 2.75) is 77.3 Å². The third-order valence-electron chi connectivity index (χ3n) is 6.48. The lowest BCUT2D eigenvalue weighted by atomic mass is 9.92. The maximum Gasteiger partial charge on any atom is 0.276 e. The third kappa shape index (κ3) is 5.96. The van der Waals surface area contributed by atoms with Crippen LogP contribution in [0.3, 0.4) is 0 Å². The van der Waals surface area contributed by atoms with Crippen LogP contribution < -0.4 is 16.1 Å². The molecule has 1 saturated heterocycles. The van der Waals surface area contributed by atoms with E-state index in [0.29, 0.717) is 24.4 Å². The fraction of sp³-hybridized carbons (Fsp3) is 0.538. The number of nitrogens with zero attached hydrogens (tertiary/aromatic N) is 2. The van der Waals surface area contributed by atoms with Gasteiger partial charge in [0.15, 0.2) is 0 Å². The maximum atomic E-state index is 13.7. The van der Waals surface area contributed by atoms with Gasteiger partial charge in [-0.3, -0.25) is 14.5 Å². The lowest BCUT2D eigenvalue weighted by molar-refractivity contribution is -0.133. The first kappa shape index (κ1) is 24.8. The fourth-order valence-corrected chi connectivity index (χ4v) is 4.62. The van der Waals surface area contributed by atoms with Crippen LogP contribution in [0.4, 0.5) is 5.69 Å². The molecule has 1 unspecified atom stereocenters. The van der Waals surface area contributed by atoms with Gasteiger partial charge in [-0.1, -0.05) is 55.5 Å². The summed E-state index contributed by atoms with van der Waals surface area (Å²) in [6.07, 6.45) is 12.4. The Kier molecular flexibility index (Phi) is 8.55. The highest BCUT2D eigenvalue weighted by Crippen LogP contribution is 2.33. The lowest BCUT2D eigenvalue weighted by Gasteiger charge is -2.47. The first-order valence-electron chi connectivity index (χ1n) is 12.0. The van der Waals surface area contributed by atoms with E-state index in [1.54, 1.807) is 17.2 Å². The SMILES string of the molecule is C/C=C\OCC/C=C1/C(=O)N(c2ccc(C)cc2)C(C)(C(=O)NC2CCCCCC2)CN1N. The van der Waals surface area contributed by atoms with E-state index in [-0.39, 0.29) is 24.4 Å². The number of hydrazine groups is 1. The van der Waals surface area contributed by atoms with E-state index in [1.165, 1.54) is 17.9 Å². The summed E-state index contributed by atoms with van der Waals surface area (Å²) in [6.45, 7) is 6.33. The molecule has 2 amide bonds. The number of rotatable bonds is 7. The number of ether oxygens (including phenoxy) is 1. The summed E-state index contributed by atoms with van der Waals surface area (Å²) in [7, 11) is 0. The lowest BCUT2D eigenvalue weighted by Crippen LogP contribution is -2.70. The number of hydrogen-bond donors (Lipinski definition) is 2. The number of nitrogens with one attached hydrogen (secondary N) is 1. The summed E-state index contributed by atoms with van der Waals surface area (Å²) >= 11 is 0. The molecule has 1 aromatic rings. The second-order valence-corrected chi connectivity index (χ2v) is 9.26. The average Bonchev–Trinajstić information content (AvgIpc) is 3.05. The van der Waals surface area contributed by atoms with Crippen LogP contribution >= 0.6 is 0 Å². The van der Waals surface area contributed by atoms with Crippen LogP contribution in [0.25, 0.3) is 0 Å². The van der Waals surface area contributed by atoms with Crippen LogP contribution in [0.5, 0.6) is 0 Å². The number of carbonyl (C=O) groups excluding carboxylic acids is 2. The molecule has 2 aliphatic rings. The Balaban J connectivity index is 1.89. The molecule has 0 bridgehead atoms. The fourth-order valence-electron chi connectivity index (χ4n) is 4.62. The van der Waals surface area contributed by atoms with Gasteiger partial charge < -0.3 is 15.1 Å². The Hall–Kier alpha value is -2.80. The number of amides is 2. The van der Waals surface area contributed by atoms with Crippen molar-refractivity contribution < 1.29 is 14.3 Å². The van der Waals surface area contributed by atoms with Gasteiger partial charge in [0, 0.05) is 18.2 Å². The quantitative estimate of drug-likeness (QED) is 0.214. The van der Waals surface area contributed by atoms with E-state index in [1.807, 2.05) is 51.1 Å². The average molecular weight is 455 g/mol. The number of hydrogen-bond acceptors (Lipinski definition) is 5. The van der Waals surface area contributed by atoms with Crippen molar-refractivity contribution in [1.29, 1.82) is 0 Å². The summed E-state index contributed by atoms with van der Waals surface area (Å²) in [5.74, 6) is 5.89. The molecule has 1 aliphatic carbocycles. The van der Waals surface area contributed by atoms with Gasteiger partial charge in [-0.05, 0) is 45.7 Å². The van der Waals surface area contributed by atoms with E-state index in [9.17, 15) is 9.59 Å². The standard InChI is InChI=1S/C26H38N4O3/c1-4-17-33-18-9-12-23-24(31)30(22-15-13-20(2)14-16-22)26(3,19-29(23)27)25(32)28-21-10-7-5-6-8-11-21/h4,12-17,21H,5-11,18-19,27H2,1-3H3,(H,28,32)/b17-4-,23-12-. The molecule has 3 rings (SSSR count). The second-order valence-electron chi connectivity index (χ2n) is 9.26. The molecule has 7 heteroatoms. The van der Waals surface area contributed by atoms with E-state index >= 15 is 0 Å². The van der Waals surface area contributed by atoms with E-state index in [0.717, 1.165) is 31.2 Å². The van der Waals surface area contributed by atoms with Crippen LogP contribution in [-0.2, 0) is 14.3 Å². The van der Waals surface area contributed by atoms with Crippen LogP contribution in [0.2, 0.25) is 0 Å². The van der Waals surface area contributed by atoms with Crippen LogP contribution in [0.1, 0.15) is 64.4 Å². The first-order valence-corrected chi connectivity index (χ1v) is 12.0. The topological polar surface area (TPSA) is 87.9 Å². The molecular formula is C26H38N4O3. The molecule has 7 nitrogen and oxygen atoms in total. The van der Waals surface area contributed by atoms with E-state index in [2.05, 4.69) is 5.32 Å². The minimum atomic E-state index is -1.13. The molecule has 0 spiro atoms. The first-order chi connectivity index (χ1) is 15.9. The largest absolute Gasteiger partial charge is 0.501 e. The molecule has 1 heterocycles. The van der Waals surface area contributed by atoms with Crippen molar-refractivity contribution >= 4 is 17.5 Å². The molecule has 1 aliphatic heterocycles. The van der Waals surface area contributed by atoms with E-state index < -0.39 is 5.54 Å². The summed E-state index contributed by atoms with van der Waals surface area (Å²) in [6, 6.07) is 7.83. The van der Waals surface area contributed by atoms with Gasteiger partial charge in [-0.2, -0.15) is 0 Å². The predicted molar refractivity (Wildman–Crippen MR) is 131 cm³/mol. The summed E-state index contributed by atoms with van der Waals surface area (Å²) in [5.41, 5.74) is 1.02. The van der Waals surface area contributed by atoms with Crippen molar-refractivity contribution in [1.82, 2.24) is 10.3 Å². The van der Waals surface area contributed by atoms with Crippen molar-refractivity contribution in [3.8, 4) is 0 Å². The predicted octanol–water partition coefficient (Wildman–Crippen LogP) is 3.94. The summed E-state index contributed by atoms with van der Waals surface area (Å²) in [4.78, 5) is 29.0. The van der Waals surface area contributed by atoms with Gasteiger partial charge >= 0.3 is 0 Å². The van der Waals surface area contributed by atoms with Gasteiger partial charge in [0.2, 0.25) is 5.91 Å². The number of allylic oxidation sites excluding steroid dienone is 1. The van der Waals surface area contributed by atoms with Gasteiger partial charge in [0.05, 0.1) is 19.4 Å². The molecule has 0 radical (unpaired) electrons. The van der Waals surface area contributed by atoms with Crippen molar-refractivity contribution in [3.05, 3.63) is 53.9 Å². The minimum absolute atomic E-state index is 0.138. The van der Waals surface area contributed by atoms with Gasteiger partial charge in [-0.15, -0.1) is 0 Å². The summed E-state index contributed by atoms with van der Waals surface area (Å²) < 4.78 is 5.37. The van der Waals surface area contributed by atoms with Crippen LogP contribution in [0, 0.1) is 6.92 Å². The highest BCUT2D eigenvalue weighted by molar-refractivity contribution is 6.12. The molecule has 180 valence electrons. The van der Waals surface area contributed by atoms with Crippen LogP contribution in [-0.4, -0.2) is 41.6 Å². The summed E-state index contributed by atoms with van der Waals surface area (Å²) in [5, 5.41) is 4.65. The van der Waals surface area contributed by atoms with E-state index in [4.69, 9.17) is 10.6 Å². The molecule has 1 saturated carbocycles. The third-order valence-corrected chi connectivity index (χ3v) is 6.48. The number of piperazine rings is 1. The number of aryl methyl sites for hydroxylation is 1. The Morgan fingerprint density at radius 3 is 2.52 bits per heavy atom. The second kappa shape index (κ2) is 11.4. The molecule has 1 aromatic carbocycles. The zero-order chi connectivity index (χ0) is 23.8. The minimum Gasteiger partial charge on any atom is -0.501 e. The van der Waals surface area contributed by atoms with Crippen molar-refractivity contribution in [2.75, 3.05) is 18.1 Å².